The molecule has 0 spiro atoms. The second-order valence-electron chi connectivity index (χ2n) is 4.06. The first-order valence-electron chi connectivity index (χ1n) is 5.98. The van der Waals surface area contributed by atoms with Gasteiger partial charge < -0.3 is 5.32 Å². The summed E-state index contributed by atoms with van der Waals surface area (Å²) >= 11 is 0. The lowest BCUT2D eigenvalue weighted by molar-refractivity contribution is 0.488. The van der Waals surface area contributed by atoms with E-state index in [1.54, 1.807) is 11.3 Å². The summed E-state index contributed by atoms with van der Waals surface area (Å²) < 4.78 is 1.49. The third kappa shape index (κ3) is 3.58. The molecule has 102 valence electrons. The zero-order valence-electron chi connectivity index (χ0n) is 11.2. The molecule has 0 saturated heterocycles. The summed E-state index contributed by atoms with van der Waals surface area (Å²) in [7, 11) is 3.72. The highest BCUT2D eigenvalue weighted by Gasteiger charge is 2.08. The Labute approximate surface area is 111 Å². The van der Waals surface area contributed by atoms with Crippen LogP contribution in [0.4, 0.5) is 11.9 Å². The fourth-order valence-electron chi connectivity index (χ4n) is 1.34. The van der Waals surface area contributed by atoms with Crippen LogP contribution >= 0.6 is 0 Å². The molecule has 0 bridgehead atoms. The molecule has 2 N–H and O–H groups in total. The quantitative estimate of drug-likeness (QED) is 0.712. The lowest BCUT2D eigenvalue weighted by atomic mass is 10.5. The van der Waals surface area contributed by atoms with E-state index in [0.29, 0.717) is 17.8 Å². The number of rotatable bonds is 6. The van der Waals surface area contributed by atoms with Crippen LogP contribution in [0.25, 0.3) is 5.95 Å². The Hall–Kier alpha value is -2.29. The van der Waals surface area contributed by atoms with Gasteiger partial charge >= 0.3 is 0 Å². The topological polar surface area (TPSA) is 96.7 Å². The van der Waals surface area contributed by atoms with Gasteiger partial charge in [-0.1, -0.05) is 6.92 Å². The highest BCUT2D eigenvalue weighted by Crippen LogP contribution is 2.08. The zero-order valence-corrected chi connectivity index (χ0v) is 11.2. The molecule has 0 amide bonds. The molecule has 2 heterocycles. The van der Waals surface area contributed by atoms with Crippen LogP contribution in [0.5, 0.6) is 0 Å². The second-order valence-corrected chi connectivity index (χ2v) is 4.06. The van der Waals surface area contributed by atoms with E-state index in [1.807, 2.05) is 14.1 Å². The van der Waals surface area contributed by atoms with Gasteiger partial charge in [0, 0.05) is 20.6 Å². The first kappa shape index (κ1) is 13.1. The van der Waals surface area contributed by atoms with E-state index < -0.39 is 0 Å². The van der Waals surface area contributed by atoms with E-state index in [2.05, 4.69) is 42.7 Å². The maximum atomic E-state index is 4.29. The molecule has 2 aromatic heterocycles. The van der Waals surface area contributed by atoms with Crippen molar-refractivity contribution in [3.63, 3.8) is 0 Å². The van der Waals surface area contributed by atoms with Crippen molar-refractivity contribution < 1.29 is 0 Å². The zero-order chi connectivity index (χ0) is 13.7. The molecular formula is C10H17N9. The Bertz CT molecular complexity index is 508. The van der Waals surface area contributed by atoms with Gasteiger partial charge in [-0.05, 0) is 6.42 Å². The molecule has 0 unspecified atom stereocenters. The van der Waals surface area contributed by atoms with Crippen molar-refractivity contribution in [2.45, 2.75) is 13.3 Å². The van der Waals surface area contributed by atoms with Crippen LogP contribution in [0.1, 0.15) is 13.3 Å². The Kier molecular flexibility index (Phi) is 4.18. The van der Waals surface area contributed by atoms with Crippen LogP contribution in [-0.2, 0) is 0 Å². The summed E-state index contributed by atoms with van der Waals surface area (Å²) in [5, 5.41) is 8.89. The van der Waals surface area contributed by atoms with Crippen LogP contribution < -0.4 is 10.7 Å². The van der Waals surface area contributed by atoms with Crippen LogP contribution in [-0.4, -0.2) is 55.4 Å². The van der Waals surface area contributed by atoms with E-state index in [0.717, 1.165) is 13.0 Å². The van der Waals surface area contributed by atoms with Gasteiger partial charge in [0.05, 0.1) is 0 Å². The molecule has 0 aliphatic rings. The van der Waals surface area contributed by atoms with Crippen LogP contribution in [0, 0.1) is 0 Å². The van der Waals surface area contributed by atoms with Crippen molar-refractivity contribution in [1.29, 1.82) is 0 Å². The van der Waals surface area contributed by atoms with E-state index in [4.69, 9.17) is 0 Å². The van der Waals surface area contributed by atoms with Gasteiger partial charge in [-0.25, -0.2) is 9.99 Å². The van der Waals surface area contributed by atoms with Crippen molar-refractivity contribution in [2.24, 2.45) is 0 Å². The fourth-order valence-corrected chi connectivity index (χ4v) is 1.34. The second kappa shape index (κ2) is 6.05. The Morgan fingerprint density at radius 2 is 2.00 bits per heavy atom. The third-order valence-electron chi connectivity index (χ3n) is 2.10. The standard InChI is InChI=1S/C10H17N9/c1-4-5-12-8-14-9(17-18(2)3)16-10(15-8)19-7-11-6-13-19/h6-7H,4-5H2,1-3H3,(H2,12,14,15,16,17). The third-order valence-corrected chi connectivity index (χ3v) is 2.10. The number of nitrogens with one attached hydrogen (secondary N) is 2. The molecule has 2 aromatic rings. The van der Waals surface area contributed by atoms with Gasteiger partial charge in [-0.15, -0.1) is 0 Å². The number of hydrogen-bond acceptors (Lipinski definition) is 8. The lowest BCUT2D eigenvalue weighted by Crippen LogP contribution is -2.23. The highest BCUT2D eigenvalue weighted by atomic mass is 15.5. The van der Waals surface area contributed by atoms with Crippen molar-refractivity contribution in [3.05, 3.63) is 12.7 Å². The Balaban J connectivity index is 2.31. The van der Waals surface area contributed by atoms with Crippen molar-refractivity contribution >= 4 is 11.9 Å². The van der Waals surface area contributed by atoms with E-state index in [1.165, 1.54) is 11.0 Å². The maximum Gasteiger partial charge on any atom is 0.258 e. The van der Waals surface area contributed by atoms with E-state index in [9.17, 15) is 0 Å². The minimum Gasteiger partial charge on any atom is -0.354 e. The van der Waals surface area contributed by atoms with Gasteiger partial charge in [0.25, 0.3) is 5.95 Å². The molecule has 0 saturated carbocycles. The predicted molar refractivity (Wildman–Crippen MR) is 70.8 cm³/mol. The number of hydrazine groups is 1. The van der Waals surface area contributed by atoms with Gasteiger partial charge in [-0.3, -0.25) is 5.43 Å². The fraction of sp³-hybridized carbons (Fsp3) is 0.500. The van der Waals surface area contributed by atoms with Crippen LogP contribution in [0.2, 0.25) is 0 Å². The Morgan fingerprint density at radius 3 is 2.63 bits per heavy atom. The number of anilines is 2. The van der Waals surface area contributed by atoms with E-state index >= 15 is 0 Å². The molecule has 9 heteroatoms. The number of nitrogens with zero attached hydrogens (tertiary/aromatic N) is 7. The summed E-state index contributed by atoms with van der Waals surface area (Å²) in [6, 6.07) is 0. The summed E-state index contributed by atoms with van der Waals surface area (Å²) in [5.41, 5.74) is 2.99. The minimum absolute atomic E-state index is 0.412. The molecule has 9 nitrogen and oxygen atoms in total. The summed E-state index contributed by atoms with van der Waals surface area (Å²) in [5.74, 6) is 1.37. The van der Waals surface area contributed by atoms with Crippen LogP contribution in [0.3, 0.4) is 0 Å². The Morgan fingerprint density at radius 1 is 1.21 bits per heavy atom. The average molecular weight is 263 g/mol. The van der Waals surface area contributed by atoms with Crippen LogP contribution in [0.15, 0.2) is 12.7 Å². The van der Waals surface area contributed by atoms with Gasteiger partial charge in [0.15, 0.2) is 0 Å². The molecule has 2 rings (SSSR count). The lowest BCUT2D eigenvalue weighted by Gasteiger charge is -2.13. The number of aromatic nitrogens is 6. The maximum absolute atomic E-state index is 4.29. The van der Waals surface area contributed by atoms with Crippen molar-refractivity contribution in [1.82, 2.24) is 34.7 Å². The van der Waals surface area contributed by atoms with Crippen molar-refractivity contribution in [2.75, 3.05) is 31.4 Å². The van der Waals surface area contributed by atoms with E-state index in [-0.39, 0.29) is 0 Å². The molecule has 0 atom stereocenters. The molecule has 0 aliphatic heterocycles. The normalized spacial score (nSPS) is 10.7. The predicted octanol–water partition coefficient (Wildman–Crippen LogP) is 0.163. The molecule has 0 radical (unpaired) electrons. The van der Waals surface area contributed by atoms with Crippen molar-refractivity contribution in [3.8, 4) is 5.95 Å². The first-order valence-corrected chi connectivity index (χ1v) is 5.98. The first-order chi connectivity index (χ1) is 9.19. The molecule has 19 heavy (non-hydrogen) atoms. The molecule has 0 aliphatic carbocycles. The summed E-state index contributed by atoms with van der Waals surface area (Å²) in [6.07, 6.45) is 3.96. The minimum atomic E-state index is 0.412. The number of hydrogen-bond donors (Lipinski definition) is 2. The smallest absolute Gasteiger partial charge is 0.258 e. The van der Waals surface area contributed by atoms with Gasteiger partial charge in [-0.2, -0.15) is 24.7 Å². The molecule has 0 aromatic carbocycles. The monoisotopic (exact) mass is 263 g/mol. The van der Waals surface area contributed by atoms with Gasteiger partial charge in [0.2, 0.25) is 11.9 Å². The largest absolute Gasteiger partial charge is 0.354 e. The SMILES string of the molecule is CCCNc1nc(NN(C)C)nc(-n2cncn2)n1. The van der Waals surface area contributed by atoms with Gasteiger partial charge in [0.1, 0.15) is 12.7 Å². The summed E-state index contributed by atoms with van der Waals surface area (Å²) in [4.78, 5) is 16.7. The highest BCUT2D eigenvalue weighted by molar-refractivity contribution is 5.36. The molecular weight excluding hydrogens is 246 g/mol. The summed E-state index contributed by atoms with van der Waals surface area (Å²) in [6.45, 7) is 2.87. The molecule has 0 fully saturated rings. The average Bonchev–Trinajstić information content (AvgIpc) is 2.89.